The highest BCUT2D eigenvalue weighted by atomic mass is 79.9. The Balaban J connectivity index is 2.61. The van der Waals surface area contributed by atoms with Crippen LogP contribution >= 0.6 is 15.9 Å². The zero-order chi connectivity index (χ0) is 16.1. The van der Waals surface area contributed by atoms with Gasteiger partial charge in [-0.05, 0) is 38.3 Å². The molecule has 5 nitrogen and oxygen atoms in total. The second kappa shape index (κ2) is 7.38. The second-order valence-electron chi connectivity index (χ2n) is 5.54. The monoisotopic (exact) mass is 377 g/mol. The quantitative estimate of drug-likeness (QED) is 0.728. The van der Waals surface area contributed by atoms with Gasteiger partial charge in [-0.1, -0.05) is 34.1 Å². The lowest BCUT2D eigenvalue weighted by Crippen LogP contribution is -2.44. The van der Waals surface area contributed by atoms with E-state index in [1.165, 1.54) is 0 Å². The summed E-state index contributed by atoms with van der Waals surface area (Å²) in [5.74, 6) is -0.970. The van der Waals surface area contributed by atoms with Gasteiger partial charge in [0.25, 0.3) is 0 Å². The molecule has 0 amide bonds. The molecule has 1 aromatic carbocycles. The van der Waals surface area contributed by atoms with Crippen LogP contribution < -0.4 is 4.72 Å². The molecule has 0 aliphatic rings. The third-order valence-corrected chi connectivity index (χ3v) is 5.37. The van der Waals surface area contributed by atoms with Crippen molar-refractivity contribution in [3.8, 4) is 0 Å². The predicted molar refractivity (Wildman–Crippen MR) is 85.7 cm³/mol. The van der Waals surface area contributed by atoms with Gasteiger partial charge in [0.05, 0.1) is 5.75 Å². The van der Waals surface area contributed by atoms with Crippen molar-refractivity contribution in [2.45, 2.75) is 38.6 Å². The van der Waals surface area contributed by atoms with E-state index in [0.29, 0.717) is 6.42 Å². The van der Waals surface area contributed by atoms with Crippen molar-refractivity contribution >= 4 is 31.9 Å². The minimum Gasteiger partial charge on any atom is -0.481 e. The number of nitrogens with one attached hydrogen (secondary N) is 1. The molecule has 0 spiro atoms. The number of rotatable bonds is 8. The summed E-state index contributed by atoms with van der Waals surface area (Å²) in [4.78, 5) is 10.6. The normalized spacial score (nSPS) is 12.3. The zero-order valence-corrected chi connectivity index (χ0v) is 14.5. The lowest BCUT2D eigenvalue weighted by molar-refractivity contribution is -0.137. The van der Waals surface area contributed by atoms with Gasteiger partial charge in [0.15, 0.2) is 0 Å². The van der Waals surface area contributed by atoms with Crippen molar-refractivity contribution in [3.63, 3.8) is 0 Å². The topological polar surface area (TPSA) is 83.5 Å². The van der Waals surface area contributed by atoms with Gasteiger partial charge in [0.2, 0.25) is 10.0 Å². The number of carbonyl (C=O) groups is 1. The first-order valence-corrected chi connectivity index (χ1v) is 9.03. The molecule has 0 fully saturated rings. The van der Waals surface area contributed by atoms with Gasteiger partial charge in [-0.15, -0.1) is 0 Å². The molecule has 0 saturated heterocycles. The average molecular weight is 378 g/mol. The lowest BCUT2D eigenvalue weighted by Gasteiger charge is -2.25. The Morgan fingerprint density at radius 3 is 2.52 bits per heavy atom. The highest BCUT2D eigenvalue weighted by Gasteiger charge is 2.25. The third-order valence-electron chi connectivity index (χ3n) is 2.99. The van der Waals surface area contributed by atoms with E-state index in [0.717, 1.165) is 10.0 Å². The van der Waals surface area contributed by atoms with Crippen molar-refractivity contribution < 1.29 is 18.3 Å². The van der Waals surface area contributed by atoms with Gasteiger partial charge < -0.3 is 5.11 Å². The Hall–Kier alpha value is -0.920. The number of hydrogen-bond donors (Lipinski definition) is 2. The maximum atomic E-state index is 12.1. The predicted octanol–water partition coefficient (Wildman–Crippen LogP) is 2.55. The SMILES string of the molecule is CC(C)(CCC(=O)O)NS(=O)(=O)CCc1ccccc1Br. The van der Waals surface area contributed by atoms with Crippen LogP contribution in [0.25, 0.3) is 0 Å². The molecule has 0 saturated carbocycles. The fourth-order valence-corrected chi connectivity index (χ4v) is 3.91. The fourth-order valence-electron chi connectivity index (χ4n) is 1.89. The molecule has 0 heterocycles. The molecular formula is C14H20BrNO4S. The number of aliphatic carboxylic acids is 1. The molecule has 0 radical (unpaired) electrons. The van der Waals surface area contributed by atoms with Crippen molar-refractivity contribution in [3.05, 3.63) is 34.3 Å². The summed E-state index contributed by atoms with van der Waals surface area (Å²) in [6.07, 6.45) is 0.572. The largest absolute Gasteiger partial charge is 0.481 e. The summed E-state index contributed by atoms with van der Waals surface area (Å²) in [6.45, 7) is 3.37. The highest BCUT2D eigenvalue weighted by molar-refractivity contribution is 9.10. The first kappa shape index (κ1) is 18.1. The van der Waals surface area contributed by atoms with Crippen LogP contribution in [-0.4, -0.2) is 30.8 Å². The summed E-state index contributed by atoms with van der Waals surface area (Å²) >= 11 is 3.39. The molecule has 2 N–H and O–H groups in total. The molecular weight excluding hydrogens is 358 g/mol. The molecule has 7 heteroatoms. The van der Waals surface area contributed by atoms with E-state index in [-0.39, 0.29) is 18.6 Å². The molecule has 1 aromatic rings. The van der Waals surface area contributed by atoms with E-state index in [1.54, 1.807) is 13.8 Å². The van der Waals surface area contributed by atoms with Gasteiger partial charge in [-0.3, -0.25) is 4.79 Å². The molecule has 0 aromatic heterocycles. The number of aryl methyl sites for hydroxylation is 1. The molecule has 0 bridgehead atoms. The minimum atomic E-state index is -3.47. The third kappa shape index (κ3) is 7.06. The summed E-state index contributed by atoms with van der Waals surface area (Å²) in [5, 5.41) is 8.68. The maximum absolute atomic E-state index is 12.1. The first-order chi connectivity index (χ1) is 9.61. The maximum Gasteiger partial charge on any atom is 0.303 e. The van der Waals surface area contributed by atoms with Gasteiger partial charge in [-0.2, -0.15) is 0 Å². The van der Waals surface area contributed by atoms with Crippen molar-refractivity contribution in [1.82, 2.24) is 4.72 Å². The van der Waals surface area contributed by atoms with Crippen molar-refractivity contribution in [2.75, 3.05) is 5.75 Å². The Bertz CT molecular complexity index is 599. The molecule has 0 aliphatic heterocycles. The van der Waals surface area contributed by atoms with Crippen molar-refractivity contribution in [2.24, 2.45) is 0 Å². The van der Waals surface area contributed by atoms with Crippen LogP contribution in [0.5, 0.6) is 0 Å². The average Bonchev–Trinajstić information content (AvgIpc) is 2.34. The van der Waals surface area contributed by atoms with Crippen LogP contribution in [0.3, 0.4) is 0 Å². The van der Waals surface area contributed by atoms with Crippen LogP contribution in [0, 0.1) is 0 Å². The van der Waals surface area contributed by atoms with Crippen LogP contribution in [0.4, 0.5) is 0 Å². The first-order valence-electron chi connectivity index (χ1n) is 6.58. The number of hydrogen-bond acceptors (Lipinski definition) is 3. The molecule has 1 rings (SSSR count). The van der Waals surface area contributed by atoms with E-state index in [4.69, 9.17) is 5.11 Å². The standard InChI is InChI=1S/C14H20BrNO4S/c1-14(2,9-7-13(17)18)16-21(19,20)10-8-11-5-3-4-6-12(11)15/h3-6,16H,7-10H2,1-2H3,(H,17,18). The lowest BCUT2D eigenvalue weighted by atomic mass is 10.0. The molecule has 118 valence electrons. The number of halogens is 1. The van der Waals surface area contributed by atoms with Crippen LogP contribution in [0.15, 0.2) is 28.7 Å². The van der Waals surface area contributed by atoms with Crippen LogP contribution in [0.1, 0.15) is 32.3 Å². The molecule has 0 atom stereocenters. The van der Waals surface area contributed by atoms with Crippen LogP contribution in [-0.2, 0) is 21.2 Å². The van der Waals surface area contributed by atoms with E-state index in [9.17, 15) is 13.2 Å². The highest BCUT2D eigenvalue weighted by Crippen LogP contribution is 2.18. The summed E-state index contributed by atoms with van der Waals surface area (Å²) < 4.78 is 27.7. The van der Waals surface area contributed by atoms with E-state index < -0.39 is 21.5 Å². The Morgan fingerprint density at radius 1 is 1.33 bits per heavy atom. The zero-order valence-electron chi connectivity index (χ0n) is 12.1. The number of carboxylic acid groups (broad SMARTS) is 1. The number of benzene rings is 1. The fraction of sp³-hybridized carbons (Fsp3) is 0.500. The number of carboxylic acids is 1. The van der Waals surface area contributed by atoms with Gasteiger partial charge in [0.1, 0.15) is 0 Å². The van der Waals surface area contributed by atoms with Gasteiger partial charge in [0, 0.05) is 16.4 Å². The smallest absolute Gasteiger partial charge is 0.303 e. The molecule has 0 unspecified atom stereocenters. The Labute approximate surface area is 133 Å². The van der Waals surface area contributed by atoms with Gasteiger partial charge >= 0.3 is 5.97 Å². The second-order valence-corrected chi connectivity index (χ2v) is 8.24. The summed E-state index contributed by atoms with van der Waals surface area (Å²) in [7, 11) is -3.47. The summed E-state index contributed by atoms with van der Waals surface area (Å²) in [6, 6.07) is 7.47. The van der Waals surface area contributed by atoms with E-state index in [2.05, 4.69) is 20.7 Å². The number of sulfonamides is 1. The Morgan fingerprint density at radius 2 is 1.95 bits per heavy atom. The summed E-state index contributed by atoms with van der Waals surface area (Å²) in [5.41, 5.74) is 0.150. The van der Waals surface area contributed by atoms with Crippen molar-refractivity contribution in [1.29, 1.82) is 0 Å². The molecule has 0 aliphatic carbocycles. The van der Waals surface area contributed by atoms with Gasteiger partial charge in [-0.25, -0.2) is 13.1 Å². The van der Waals surface area contributed by atoms with E-state index in [1.807, 2.05) is 24.3 Å². The molecule has 21 heavy (non-hydrogen) atoms. The van der Waals surface area contributed by atoms with E-state index >= 15 is 0 Å². The Kier molecular flexibility index (Phi) is 6.37. The van der Waals surface area contributed by atoms with Crippen LogP contribution in [0.2, 0.25) is 0 Å². The minimum absolute atomic E-state index is 0.0356.